The first-order chi connectivity index (χ1) is 6.59. The summed E-state index contributed by atoms with van der Waals surface area (Å²) in [6.07, 6.45) is -2.35. The van der Waals surface area contributed by atoms with Gasteiger partial charge in [-0.2, -0.15) is 0 Å². The topological polar surface area (TPSA) is 37.3 Å². The molecule has 0 radical (unpaired) electrons. The smallest absolute Gasteiger partial charge is 0.335 e. The van der Waals surface area contributed by atoms with Gasteiger partial charge in [-0.15, -0.1) is 11.8 Å². The first-order valence-electron chi connectivity index (χ1n) is 3.84. The van der Waals surface area contributed by atoms with Gasteiger partial charge in [0.25, 0.3) is 0 Å². The standard InChI is InChI=1S/C9H8F2O2S/c10-8(11)5-14-7-3-1-6(2-4-7)9(12)13/h1-4,8H,5H2,(H,12,13). The largest absolute Gasteiger partial charge is 0.478 e. The van der Waals surface area contributed by atoms with Crippen LogP contribution in [0.2, 0.25) is 0 Å². The highest BCUT2D eigenvalue weighted by atomic mass is 32.2. The second-order valence-electron chi connectivity index (χ2n) is 2.53. The monoisotopic (exact) mass is 218 g/mol. The summed E-state index contributed by atoms with van der Waals surface area (Å²) in [5.74, 6) is -1.29. The maximum absolute atomic E-state index is 11.8. The molecule has 2 nitrogen and oxygen atoms in total. The minimum absolute atomic E-state index is 0.159. The van der Waals surface area contributed by atoms with Crippen LogP contribution in [0.25, 0.3) is 0 Å². The highest BCUT2D eigenvalue weighted by Gasteiger charge is 2.05. The molecule has 0 saturated heterocycles. The normalized spacial score (nSPS) is 10.5. The highest BCUT2D eigenvalue weighted by molar-refractivity contribution is 7.99. The van der Waals surface area contributed by atoms with Gasteiger partial charge in [0, 0.05) is 4.90 Å². The van der Waals surface area contributed by atoms with Crippen LogP contribution in [0.15, 0.2) is 29.2 Å². The fourth-order valence-electron chi connectivity index (χ4n) is 0.853. The molecule has 0 aliphatic carbocycles. The summed E-state index contributed by atoms with van der Waals surface area (Å²) >= 11 is 1.01. The van der Waals surface area contributed by atoms with Crippen molar-refractivity contribution in [3.63, 3.8) is 0 Å². The Kier molecular flexibility index (Phi) is 3.88. The Morgan fingerprint density at radius 3 is 2.36 bits per heavy atom. The Hall–Kier alpha value is -1.10. The molecule has 0 aliphatic heterocycles. The number of benzene rings is 1. The molecule has 0 aliphatic rings. The summed E-state index contributed by atoms with van der Waals surface area (Å²) in [4.78, 5) is 11.1. The number of aromatic carboxylic acids is 1. The maximum Gasteiger partial charge on any atom is 0.335 e. The van der Waals surface area contributed by atoms with Gasteiger partial charge in [-0.05, 0) is 24.3 Å². The molecule has 1 aromatic carbocycles. The van der Waals surface area contributed by atoms with E-state index < -0.39 is 12.4 Å². The Morgan fingerprint density at radius 2 is 1.93 bits per heavy atom. The maximum atomic E-state index is 11.8. The molecule has 0 aromatic heterocycles. The molecular weight excluding hydrogens is 210 g/mol. The van der Waals surface area contributed by atoms with Gasteiger partial charge in [0.2, 0.25) is 6.43 Å². The Bertz CT molecular complexity index is 311. The Morgan fingerprint density at radius 1 is 1.36 bits per heavy atom. The Balaban J connectivity index is 2.60. The van der Waals surface area contributed by atoms with Crippen molar-refractivity contribution in [1.29, 1.82) is 0 Å². The van der Waals surface area contributed by atoms with Crippen molar-refractivity contribution in [2.75, 3.05) is 5.75 Å². The second kappa shape index (κ2) is 4.95. The van der Waals surface area contributed by atoms with E-state index in [1.54, 1.807) is 0 Å². The van der Waals surface area contributed by atoms with Gasteiger partial charge in [-0.25, -0.2) is 13.6 Å². The molecule has 0 spiro atoms. The molecular formula is C9H8F2O2S. The molecule has 14 heavy (non-hydrogen) atoms. The lowest BCUT2D eigenvalue weighted by molar-refractivity contribution is 0.0696. The van der Waals surface area contributed by atoms with Crippen molar-refractivity contribution >= 4 is 17.7 Å². The minimum Gasteiger partial charge on any atom is -0.478 e. The number of carboxylic acid groups (broad SMARTS) is 1. The van der Waals surface area contributed by atoms with Crippen LogP contribution >= 0.6 is 11.8 Å². The number of thioether (sulfide) groups is 1. The average molecular weight is 218 g/mol. The van der Waals surface area contributed by atoms with Crippen LogP contribution in [0.4, 0.5) is 8.78 Å². The number of halogens is 2. The van der Waals surface area contributed by atoms with Crippen molar-refractivity contribution in [3.05, 3.63) is 29.8 Å². The van der Waals surface area contributed by atoms with Gasteiger partial charge in [-0.3, -0.25) is 0 Å². The third-order valence-electron chi connectivity index (χ3n) is 1.48. The lowest BCUT2D eigenvalue weighted by Gasteiger charge is -2.00. The second-order valence-corrected chi connectivity index (χ2v) is 3.63. The van der Waals surface area contributed by atoms with E-state index in [0.717, 1.165) is 11.8 Å². The quantitative estimate of drug-likeness (QED) is 0.789. The molecule has 1 aromatic rings. The summed E-state index contributed by atoms with van der Waals surface area (Å²) < 4.78 is 23.6. The van der Waals surface area contributed by atoms with Crippen LogP contribution in [-0.4, -0.2) is 23.3 Å². The number of alkyl halides is 2. The van der Waals surface area contributed by atoms with Crippen LogP contribution in [0.1, 0.15) is 10.4 Å². The summed E-state index contributed by atoms with van der Waals surface area (Å²) in [6.45, 7) is 0. The van der Waals surface area contributed by atoms with E-state index in [-0.39, 0.29) is 11.3 Å². The van der Waals surface area contributed by atoms with E-state index in [0.29, 0.717) is 4.90 Å². The summed E-state index contributed by atoms with van der Waals surface area (Å²) in [5.41, 5.74) is 0.159. The Labute approximate surface area is 83.9 Å². The first-order valence-corrected chi connectivity index (χ1v) is 4.82. The van der Waals surface area contributed by atoms with Gasteiger partial charge < -0.3 is 5.11 Å². The van der Waals surface area contributed by atoms with Crippen molar-refractivity contribution < 1.29 is 18.7 Å². The number of carbonyl (C=O) groups is 1. The van der Waals surface area contributed by atoms with Crippen molar-refractivity contribution in [2.24, 2.45) is 0 Å². The average Bonchev–Trinajstić information content (AvgIpc) is 2.15. The lowest BCUT2D eigenvalue weighted by atomic mass is 10.2. The van der Waals surface area contributed by atoms with Crippen LogP contribution < -0.4 is 0 Å². The van der Waals surface area contributed by atoms with Crippen molar-refractivity contribution in [1.82, 2.24) is 0 Å². The first kappa shape index (κ1) is 11.0. The molecule has 0 unspecified atom stereocenters. The molecule has 0 atom stereocenters. The zero-order valence-electron chi connectivity index (χ0n) is 7.11. The number of carboxylic acids is 1. The van der Waals surface area contributed by atoms with Gasteiger partial charge in [0.15, 0.2) is 0 Å². The summed E-state index contributed by atoms with van der Waals surface area (Å²) in [7, 11) is 0. The molecule has 1 rings (SSSR count). The third-order valence-corrected chi connectivity index (χ3v) is 2.50. The molecule has 0 saturated carbocycles. The van der Waals surface area contributed by atoms with Gasteiger partial charge in [0.1, 0.15) is 0 Å². The molecule has 0 heterocycles. The molecule has 76 valence electrons. The number of hydrogen-bond donors (Lipinski definition) is 1. The zero-order chi connectivity index (χ0) is 10.6. The molecule has 0 bridgehead atoms. The van der Waals surface area contributed by atoms with Gasteiger partial charge in [0.05, 0.1) is 11.3 Å². The molecule has 1 N–H and O–H groups in total. The van der Waals surface area contributed by atoms with E-state index in [9.17, 15) is 13.6 Å². The van der Waals surface area contributed by atoms with Gasteiger partial charge in [-0.1, -0.05) is 0 Å². The lowest BCUT2D eigenvalue weighted by Crippen LogP contribution is -1.96. The fraction of sp³-hybridized carbons (Fsp3) is 0.222. The third kappa shape index (κ3) is 3.33. The number of hydrogen-bond acceptors (Lipinski definition) is 2. The number of rotatable bonds is 4. The van der Waals surface area contributed by atoms with Crippen LogP contribution in [0.5, 0.6) is 0 Å². The van der Waals surface area contributed by atoms with Gasteiger partial charge >= 0.3 is 5.97 Å². The zero-order valence-corrected chi connectivity index (χ0v) is 7.93. The summed E-state index contributed by atoms with van der Waals surface area (Å²) in [6, 6.07) is 5.85. The van der Waals surface area contributed by atoms with Crippen molar-refractivity contribution in [3.8, 4) is 0 Å². The van der Waals surface area contributed by atoms with Crippen LogP contribution in [0, 0.1) is 0 Å². The molecule has 5 heteroatoms. The SMILES string of the molecule is O=C(O)c1ccc(SCC(F)F)cc1. The van der Waals surface area contributed by atoms with Crippen LogP contribution in [0.3, 0.4) is 0 Å². The van der Waals surface area contributed by atoms with E-state index >= 15 is 0 Å². The van der Waals surface area contributed by atoms with Crippen molar-refractivity contribution in [2.45, 2.75) is 11.3 Å². The van der Waals surface area contributed by atoms with E-state index in [1.807, 2.05) is 0 Å². The molecule has 0 fully saturated rings. The van der Waals surface area contributed by atoms with E-state index in [1.165, 1.54) is 24.3 Å². The van der Waals surface area contributed by atoms with E-state index in [4.69, 9.17) is 5.11 Å². The van der Waals surface area contributed by atoms with Crippen LogP contribution in [-0.2, 0) is 0 Å². The highest BCUT2D eigenvalue weighted by Crippen LogP contribution is 2.20. The fourth-order valence-corrected chi connectivity index (χ4v) is 1.50. The predicted octanol–water partition coefficient (Wildman–Crippen LogP) is 2.74. The van der Waals surface area contributed by atoms with E-state index in [2.05, 4.69) is 0 Å². The minimum atomic E-state index is -2.35. The molecule has 0 amide bonds. The predicted molar refractivity (Wildman–Crippen MR) is 50.1 cm³/mol. The summed E-state index contributed by atoms with van der Waals surface area (Å²) in [5, 5.41) is 8.57.